The second kappa shape index (κ2) is 5.26. The van der Waals surface area contributed by atoms with E-state index >= 15 is 0 Å². The lowest BCUT2D eigenvalue weighted by molar-refractivity contribution is -0.138. The molecule has 0 amide bonds. The maximum absolute atomic E-state index is 12.3. The molecular formula is C13H10F3NO2S. The molecule has 0 heterocycles. The molecule has 2 aromatic carbocycles. The van der Waals surface area contributed by atoms with Crippen LogP contribution in [0.15, 0.2) is 59.5 Å². The Kier molecular flexibility index (Phi) is 3.82. The van der Waals surface area contributed by atoms with Crippen molar-refractivity contribution in [1.82, 2.24) is 4.72 Å². The smallest absolute Gasteiger partial charge is 0.207 e. The topological polar surface area (TPSA) is 46.2 Å². The molecule has 0 aliphatic rings. The molecule has 0 aliphatic heterocycles. The molecular weight excluding hydrogens is 291 g/mol. The van der Waals surface area contributed by atoms with Gasteiger partial charge in [-0.25, -0.2) is 8.42 Å². The van der Waals surface area contributed by atoms with Gasteiger partial charge in [0.1, 0.15) is 0 Å². The highest BCUT2D eigenvalue weighted by atomic mass is 32.2. The molecule has 2 aromatic rings. The van der Waals surface area contributed by atoms with Gasteiger partial charge in [0, 0.05) is 5.56 Å². The van der Waals surface area contributed by atoms with Gasteiger partial charge in [0.25, 0.3) is 0 Å². The predicted octanol–water partition coefficient (Wildman–Crippen LogP) is 3.15. The molecule has 0 radical (unpaired) electrons. The van der Waals surface area contributed by atoms with Gasteiger partial charge >= 0.3 is 6.30 Å². The molecule has 3 nitrogen and oxygen atoms in total. The van der Waals surface area contributed by atoms with Crippen LogP contribution in [0.1, 0.15) is 0 Å². The van der Waals surface area contributed by atoms with E-state index in [2.05, 4.69) is 0 Å². The fraction of sp³-hybridized carbons (Fsp3) is 0.0769. The lowest BCUT2D eigenvalue weighted by Crippen LogP contribution is -2.37. The van der Waals surface area contributed by atoms with Gasteiger partial charge in [-0.1, -0.05) is 48.5 Å². The van der Waals surface area contributed by atoms with Crippen LogP contribution in [0.3, 0.4) is 0 Å². The van der Waals surface area contributed by atoms with Crippen LogP contribution in [-0.4, -0.2) is 14.7 Å². The number of hydrogen-bond acceptors (Lipinski definition) is 2. The molecule has 2 rings (SSSR count). The average Bonchev–Trinajstić information content (AvgIpc) is 2.37. The van der Waals surface area contributed by atoms with Crippen LogP contribution in [-0.2, 0) is 10.0 Å². The minimum Gasteiger partial charge on any atom is -0.207 e. The normalized spacial score (nSPS) is 12.3. The minimum atomic E-state index is -5.01. The van der Waals surface area contributed by atoms with E-state index in [-0.39, 0.29) is 5.56 Å². The first-order chi connectivity index (χ1) is 9.30. The zero-order valence-corrected chi connectivity index (χ0v) is 10.9. The van der Waals surface area contributed by atoms with Gasteiger partial charge < -0.3 is 0 Å². The SMILES string of the molecule is O=S(=O)(NC(F)(F)F)c1ccccc1-c1ccccc1. The van der Waals surface area contributed by atoms with Crippen molar-refractivity contribution in [3.63, 3.8) is 0 Å². The highest BCUT2D eigenvalue weighted by Crippen LogP contribution is 2.28. The Morgan fingerprint density at radius 1 is 0.850 bits per heavy atom. The number of nitrogens with one attached hydrogen (secondary N) is 1. The van der Waals surface area contributed by atoms with Gasteiger partial charge in [0.15, 0.2) is 0 Å². The summed E-state index contributed by atoms with van der Waals surface area (Å²) in [7, 11) is -4.67. The second-order valence-electron chi connectivity index (χ2n) is 3.97. The number of sulfonamides is 1. The second-order valence-corrected chi connectivity index (χ2v) is 5.62. The fourth-order valence-electron chi connectivity index (χ4n) is 1.76. The van der Waals surface area contributed by atoms with Gasteiger partial charge in [0.2, 0.25) is 10.0 Å². The Bertz CT molecular complexity index is 697. The molecule has 0 saturated heterocycles. The van der Waals surface area contributed by atoms with Crippen molar-refractivity contribution in [1.29, 1.82) is 0 Å². The molecule has 7 heteroatoms. The third-order valence-electron chi connectivity index (χ3n) is 2.51. The summed E-state index contributed by atoms with van der Waals surface area (Å²) in [5.41, 5.74) is 0.737. The van der Waals surface area contributed by atoms with Gasteiger partial charge in [-0.15, -0.1) is 4.72 Å². The van der Waals surface area contributed by atoms with Crippen molar-refractivity contribution in [3.8, 4) is 11.1 Å². The minimum absolute atomic E-state index is 0.213. The highest BCUT2D eigenvalue weighted by molar-refractivity contribution is 7.89. The third-order valence-corrected chi connectivity index (χ3v) is 3.95. The lowest BCUT2D eigenvalue weighted by Gasteiger charge is -2.13. The van der Waals surface area contributed by atoms with Crippen LogP contribution in [0.5, 0.6) is 0 Å². The number of hydrogen-bond donors (Lipinski definition) is 1. The summed E-state index contributed by atoms with van der Waals surface area (Å²) in [5, 5.41) is 0. The Morgan fingerprint density at radius 3 is 2.00 bits per heavy atom. The zero-order valence-electron chi connectivity index (χ0n) is 10.1. The standard InChI is InChI=1S/C13H10F3NO2S/c14-13(15,16)17-20(18,19)12-9-5-4-8-11(12)10-6-2-1-3-7-10/h1-9,17H. The average molecular weight is 301 g/mol. The highest BCUT2D eigenvalue weighted by Gasteiger charge is 2.35. The first-order valence-corrected chi connectivity index (χ1v) is 7.03. The van der Waals surface area contributed by atoms with Gasteiger partial charge in [-0.2, -0.15) is 13.2 Å². The lowest BCUT2D eigenvalue weighted by atomic mass is 10.1. The number of halogens is 3. The summed E-state index contributed by atoms with van der Waals surface area (Å²) in [4.78, 5) is -0.413. The number of alkyl halides is 3. The first-order valence-electron chi connectivity index (χ1n) is 5.55. The predicted molar refractivity (Wildman–Crippen MR) is 68.3 cm³/mol. The molecule has 106 valence electrons. The number of rotatable bonds is 3. The van der Waals surface area contributed by atoms with Crippen LogP contribution in [0.2, 0.25) is 0 Å². The third kappa shape index (κ3) is 3.37. The summed E-state index contributed by atoms with van der Waals surface area (Å²) in [5.74, 6) is 0. The van der Waals surface area contributed by atoms with E-state index < -0.39 is 21.2 Å². The Labute approximate surface area is 114 Å². The van der Waals surface area contributed by atoms with Gasteiger partial charge in [0.05, 0.1) is 4.90 Å². The van der Waals surface area contributed by atoms with Crippen LogP contribution in [0.4, 0.5) is 13.2 Å². The van der Waals surface area contributed by atoms with Crippen LogP contribution in [0.25, 0.3) is 11.1 Å². The molecule has 0 bridgehead atoms. The monoisotopic (exact) mass is 301 g/mol. The van der Waals surface area contributed by atoms with E-state index in [4.69, 9.17) is 0 Å². The van der Waals surface area contributed by atoms with Crippen molar-refractivity contribution >= 4 is 10.0 Å². The van der Waals surface area contributed by atoms with E-state index in [9.17, 15) is 21.6 Å². The van der Waals surface area contributed by atoms with E-state index in [0.29, 0.717) is 10.3 Å². The van der Waals surface area contributed by atoms with Crippen molar-refractivity contribution in [2.75, 3.05) is 0 Å². The molecule has 0 spiro atoms. The summed E-state index contributed by atoms with van der Waals surface area (Å²) in [6.45, 7) is 0. The van der Waals surface area contributed by atoms with E-state index in [1.54, 1.807) is 36.4 Å². The Balaban J connectivity index is 2.54. The van der Waals surface area contributed by atoms with Crippen LogP contribution in [0, 0.1) is 0 Å². The van der Waals surface area contributed by atoms with Gasteiger partial charge in [-0.3, -0.25) is 0 Å². The Hall–Kier alpha value is -1.86. The molecule has 20 heavy (non-hydrogen) atoms. The molecule has 1 N–H and O–H groups in total. The van der Waals surface area contributed by atoms with E-state index in [0.717, 1.165) is 6.07 Å². The molecule has 0 atom stereocenters. The summed E-state index contributed by atoms with van der Waals surface area (Å²) < 4.78 is 61.2. The largest absolute Gasteiger partial charge is 0.470 e. The van der Waals surface area contributed by atoms with E-state index in [1.165, 1.54) is 12.1 Å². The van der Waals surface area contributed by atoms with Crippen molar-refractivity contribution in [2.24, 2.45) is 0 Å². The molecule has 0 aromatic heterocycles. The summed E-state index contributed by atoms with van der Waals surface area (Å²) >= 11 is 0. The van der Waals surface area contributed by atoms with Crippen molar-refractivity contribution < 1.29 is 21.6 Å². The van der Waals surface area contributed by atoms with Crippen molar-refractivity contribution in [3.05, 3.63) is 54.6 Å². The zero-order chi connectivity index (χ0) is 14.8. The van der Waals surface area contributed by atoms with Crippen LogP contribution >= 0.6 is 0 Å². The van der Waals surface area contributed by atoms with Gasteiger partial charge in [-0.05, 0) is 11.6 Å². The summed E-state index contributed by atoms with van der Waals surface area (Å²) in [6, 6.07) is 13.9. The quantitative estimate of drug-likeness (QED) is 0.885. The molecule has 0 fully saturated rings. The first kappa shape index (κ1) is 14.5. The maximum Gasteiger partial charge on any atom is 0.470 e. The number of benzene rings is 2. The fourth-order valence-corrected chi connectivity index (χ4v) is 2.91. The Morgan fingerprint density at radius 2 is 1.40 bits per heavy atom. The van der Waals surface area contributed by atoms with Crippen LogP contribution < -0.4 is 4.72 Å². The summed E-state index contributed by atoms with van der Waals surface area (Å²) in [6.07, 6.45) is -5.01. The van der Waals surface area contributed by atoms with E-state index in [1.807, 2.05) is 0 Å². The molecule has 0 unspecified atom stereocenters. The van der Waals surface area contributed by atoms with Crippen molar-refractivity contribution in [2.45, 2.75) is 11.2 Å². The molecule has 0 saturated carbocycles. The maximum atomic E-state index is 12.3. The molecule has 0 aliphatic carbocycles.